The molecule has 0 fully saturated rings. The highest BCUT2D eigenvalue weighted by atomic mass is 15.1. The van der Waals surface area contributed by atoms with Crippen LogP contribution in [0, 0.1) is 0 Å². The summed E-state index contributed by atoms with van der Waals surface area (Å²) in [5.74, 6) is 0. The summed E-state index contributed by atoms with van der Waals surface area (Å²) in [6, 6.07) is 115. The van der Waals surface area contributed by atoms with E-state index in [1.54, 1.807) is 0 Å². The molecule has 0 radical (unpaired) electrons. The molecule has 13 aromatic carbocycles. The molecule has 16 aromatic rings. The number of fused-ring (bicyclic) bond motifs is 9. The number of hydrogen-bond acceptors (Lipinski definition) is 1. The Kier molecular flexibility index (Phi) is 11.2. The zero-order valence-electron chi connectivity index (χ0n) is 44.8. The quantitative estimate of drug-likeness (QED) is 0.133. The van der Waals surface area contributed by atoms with Gasteiger partial charge in [0.1, 0.15) is 0 Å². The first-order valence-electron chi connectivity index (χ1n) is 28.1. The van der Waals surface area contributed by atoms with Crippen molar-refractivity contribution in [1.82, 2.24) is 13.7 Å². The minimum atomic E-state index is 1.07. The van der Waals surface area contributed by atoms with E-state index in [9.17, 15) is 0 Å². The highest BCUT2D eigenvalue weighted by Crippen LogP contribution is 2.41. The van der Waals surface area contributed by atoms with Gasteiger partial charge in [-0.3, -0.25) is 0 Å². The van der Waals surface area contributed by atoms with Crippen LogP contribution in [0.2, 0.25) is 0 Å². The average Bonchev–Trinajstić information content (AvgIpc) is 4.38. The summed E-state index contributed by atoms with van der Waals surface area (Å²) >= 11 is 0. The fourth-order valence-corrected chi connectivity index (χ4v) is 12.8. The van der Waals surface area contributed by atoms with E-state index in [1.807, 2.05) is 0 Å². The van der Waals surface area contributed by atoms with E-state index in [0.29, 0.717) is 0 Å². The van der Waals surface area contributed by atoms with E-state index in [1.165, 1.54) is 82.1 Å². The zero-order chi connectivity index (χ0) is 54.1. The molecule has 0 saturated carbocycles. The monoisotopic (exact) mass is 1040 g/mol. The lowest BCUT2D eigenvalue weighted by molar-refractivity contribution is 1.18. The van der Waals surface area contributed by atoms with E-state index < -0.39 is 0 Å². The number of para-hydroxylation sites is 6. The first-order valence-corrected chi connectivity index (χ1v) is 28.1. The molecule has 3 heterocycles. The van der Waals surface area contributed by atoms with E-state index in [0.717, 1.165) is 61.9 Å². The highest BCUT2D eigenvalue weighted by Gasteiger charge is 2.19. The van der Waals surface area contributed by atoms with Gasteiger partial charge in [0.2, 0.25) is 0 Å². The molecule has 16 rings (SSSR count). The van der Waals surface area contributed by atoms with Crippen molar-refractivity contribution in [3.8, 4) is 61.6 Å². The fourth-order valence-electron chi connectivity index (χ4n) is 12.8. The van der Waals surface area contributed by atoms with Crippen molar-refractivity contribution in [3.63, 3.8) is 0 Å². The Hall–Kier alpha value is -10.9. The van der Waals surface area contributed by atoms with E-state index in [-0.39, 0.29) is 0 Å². The van der Waals surface area contributed by atoms with Crippen molar-refractivity contribution in [3.05, 3.63) is 315 Å². The maximum Gasteiger partial charge on any atom is 0.0547 e. The standard InChI is InChI=1S/C78H52N4/c1-2-21-61(22-3-1)80-73-30-9-8-29-71(73)72-48-41-60(52-78(72)80)57-18-14-17-56(49-57)53-35-42-62(43-36-53)79(63-44-37-54(38-45-63)58-19-15-23-65(50-58)81-74-31-10-4-25-67(74)68-26-5-11-32-75(68)81)64-46-39-55(40-47-64)59-20-16-24-66(51-59)82-76-33-12-6-27-69(76)70-28-7-13-34-77(70)82/h1-52H. The second-order valence-corrected chi connectivity index (χ2v) is 21.3. The average molecular weight is 1050 g/mol. The first-order chi connectivity index (χ1) is 40.7. The number of aromatic nitrogens is 3. The van der Waals surface area contributed by atoms with Gasteiger partial charge in [-0.1, -0.05) is 200 Å². The molecule has 0 aliphatic carbocycles. The van der Waals surface area contributed by atoms with Crippen LogP contribution in [0.1, 0.15) is 0 Å². The second-order valence-electron chi connectivity index (χ2n) is 21.3. The molecule has 0 amide bonds. The first kappa shape index (κ1) is 47.1. The number of nitrogens with zero attached hydrogens (tertiary/aromatic N) is 4. The fraction of sp³-hybridized carbons (Fsp3) is 0. The van der Waals surface area contributed by atoms with E-state index >= 15 is 0 Å². The summed E-state index contributed by atoms with van der Waals surface area (Å²) in [4.78, 5) is 2.37. The van der Waals surface area contributed by atoms with Crippen molar-refractivity contribution in [1.29, 1.82) is 0 Å². The van der Waals surface area contributed by atoms with Crippen LogP contribution in [-0.2, 0) is 0 Å². The molecule has 0 atom stereocenters. The van der Waals surface area contributed by atoms with Crippen LogP contribution in [0.4, 0.5) is 17.1 Å². The van der Waals surface area contributed by atoms with Crippen LogP contribution in [-0.4, -0.2) is 13.7 Å². The zero-order valence-corrected chi connectivity index (χ0v) is 44.8. The maximum atomic E-state index is 2.39. The van der Waals surface area contributed by atoms with E-state index in [4.69, 9.17) is 0 Å². The topological polar surface area (TPSA) is 18.0 Å². The Morgan fingerprint density at radius 3 is 0.854 bits per heavy atom. The van der Waals surface area contributed by atoms with Crippen LogP contribution in [0.15, 0.2) is 315 Å². The number of rotatable bonds is 10. The Morgan fingerprint density at radius 1 is 0.171 bits per heavy atom. The summed E-state index contributed by atoms with van der Waals surface area (Å²) in [7, 11) is 0. The largest absolute Gasteiger partial charge is 0.311 e. The lowest BCUT2D eigenvalue weighted by Crippen LogP contribution is -2.09. The van der Waals surface area contributed by atoms with Crippen molar-refractivity contribution >= 4 is 82.5 Å². The Balaban J connectivity index is 0.757. The lowest BCUT2D eigenvalue weighted by atomic mass is 9.98. The molecule has 384 valence electrons. The number of anilines is 3. The Labute approximate surface area is 475 Å². The summed E-state index contributed by atoms with van der Waals surface area (Å²) < 4.78 is 7.17. The van der Waals surface area contributed by atoms with Gasteiger partial charge < -0.3 is 18.6 Å². The Morgan fingerprint density at radius 2 is 0.451 bits per heavy atom. The van der Waals surface area contributed by atoms with Crippen LogP contribution in [0.5, 0.6) is 0 Å². The molecule has 4 nitrogen and oxygen atoms in total. The van der Waals surface area contributed by atoms with Gasteiger partial charge >= 0.3 is 0 Å². The molecule has 0 spiro atoms. The van der Waals surface area contributed by atoms with Gasteiger partial charge in [-0.15, -0.1) is 0 Å². The van der Waals surface area contributed by atoms with Gasteiger partial charge in [0.25, 0.3) is 0 Å². The summed E-state index contributed by atoms with van der Waals surface area (Å²) in [5.41, 5.74) is 23.2. The second kappa shape index (κ2) is 19.5. The van der Waals surface area contributed by atoms with Crippen LogP contribution in [0.3, 0.4) is 0 Å². The molecule has 82 heavy (non-hydrogen) atoms. The minimum Gasteiger partial charge on any atom is -0.311 e. The third-order valence-electron chi connectivity index (χ3n) is 16.6. The van der Waals surface area contributed by atoms with Crippen molar-refractivity contribution in [2.24, 2.45) is 0 Å². The predicted octanol–water partition coefficient (Wildman–Crippen LogP) is 21.1. The molecule has 0 saturated heterocycles. The molecule has 0 aliphatic rings. The predicted molar refractivity (Wildman–Crippen MR) is 346 cm³/mol. The van der Waals surface area contributed by atoms with Crippen LogP contribution in [0.25, 0.3) is 127 Å². The van der Waals surface area contributed by atoms with Gasteiger partial charge in [0.15, 0.2) is 0 Å². The van der Waals surface area contributed by atoms with Crippen molar-refractivity contribution in [2.45, 2.75) is 0 Å². The third kappa shape index (κ3) is 7.91. The smallest absolute Gasteiger partial charge is 0.0547 e. The minimum absolute atomic E-state index is 1.07. The molecular formula is C78H52N4. The highest BCUT2D eigenvalue weighted by molar-refractivity contribution is 6.12. The van der Waals surface area contributed by atoms with Gasteiger partial charge in [0.05, 0.1) is 33.1 Å². The lowest BCUT2D eigenvalue weighted by Gasteiger charge is -2.26. The third-order valence-corrected chi connectivity index (χ3v) is 16.6. The number of hydrogen-bond donors (Lipinski definition) is 0. The SMILES string of the molecule is c1ccc(-n2c3ccccc3c3ccc(-c4cccc(-c5ccc(N(c6ccc(-c7cccc(-n8c9ccccc9c9ccccc98)c7)cc6)c6ccc(-c7cccc(-n8c9ccccc9c9ccccc98)c7)cc6)cc5)c4)cc32)cc1. The van der Waals surface area contributed by atoms with Crippen molar-refractivity contribution in [2.75, 3.05) is 4.90 Å². The molecule has 0 unspecified atom stereocenters. The van der Waals surface area contributed by atoms with Crippen LogP contribution < -0.4 is 4.90 Å². The number of benzene rings is 13. The molecular weight excluding hydrogens is 993 g/mol. The summed E-state index contributed by atoms with van der Waals surface area (Å²) in [6.45, 7) is 0. The van der Waals surface area contributed by atoms with Gasteiger partial charge in [-0.25, -0.2) is 0 Å². The summed E-state index contributed by atoms with van der Waals surface area (Å²) in [6.07, 6.45) is 0. The van der Waals surface area contributed by atoms with Gasteiger partial charge in [0, 0.05) is 66.4 Å². The Bertz CT molecular complexity index is 4770. The normalized spacial score (nSPS) is 11.7. The molecule has 0 bridgehead atoms. The summed E-state index contributed by atoms with van der Waals surface area (Å²) in [5, 5.41) is 7.53. The molecule has 4 heteroatoms. The van der Waals surface area contributed by atoms with Gasteiger partial charge in [-0.05, 0) is 160 Å². The van der Waals surface area contributed by atoms with E-state index in [2.05, 4.69) is 334 Å². The molecule has 0 aliphatic heterocycles. The molecule has 3 aromatic heterocycles. The van der Waals surface area contributed by atoms with Gasteiger partial charge in [-0.2, -0.15) is 0 Å². The maximum absolute atomic E-state index is 2.39. The van der Waals surface area contributed by atoms with Crippen LogP contribution >= 0.6 is 0 Å². The van der Waals surface area contributed by atoms with Crippen molar-refractivity contribution < 1.29 is 0 Å². The molecule has 0 N–H and O–H groups in total.